The fourth-order valence-electron chi connectivity index (χ4n) is 2.19. The number of anilines is 2. The molecule has 0 aliphatic heterocycles. The van der Waals surface area contributed by atoms with Gasteiger partial charge in [0.1, 0.15) is 24.0 Å². The summed E-state index contributed by atoms with van der Waals surface area (Å²) >= 11 is 0. The van der Waals surface area contributed by atoms with E-state index in [1.807, 2.05) is 24.3 Å². The maximum absolute atomic E-state index is 13.6. The molecule has 1 aromatic heterocycles. The van der Waals surface area contributed by atoms with Crippen molar-refractivity contribution >= 4 is 28.3 Å². The SMILES string of the molecule is CC(Nc1ncnc2ccccc12)C(=O)Nc1ccccc1F. The Morgan fingerprint density at radius 2 is 1.83 bits per heavy atom. The lowest BCUT2D eigenvalue weighted by Crippen LogP contribution is -2.32. The van der Waals surface area contributed by atoms with Gasteiger partial charge in [-0.25, -0.2) is 14.4 Å². The first-order valence-corrected chi connectivity index (χ1v) is 7.17. The van der Waals surface area contributed by atoms with E-state index in [0.717, 1.165) is 10.9 Å². The summed E-state index contributed by atoms with van der Waals surface area (Å²) in [6.45, 7) is 1.69. The summed E-state index contributed by atoms with van der Waals surface area (Å²) in [6.07, 6.45) is 1.44. The topological polar surface area (TPSA) is 66.9 Å². The van der Waals surface area contributed by atoms with Gasteiger partial charge in [0.05, 0.1) is 11.2 Å². The number of nitrogens with zero attached hydrogens (tertiary/aromatic N) is 2. The molecule has 116 valence electrons. The van der Waals surface area contributed by atoms with Crippen molar-refractivity contribution in [3.63, 3.8) is 0 Å². The molecule has 3 rings (SSSR count). The third-order valence-electron chi connectivity index (χ3n) is 3.42. The van der Waals surface area contributed by atoms with Crippen LogP contribution in [0.15, 0.2) is 54.9 Å². The van der Waals surface area contributed by atoms with Crippen molar-refractivity contribution in [2.75, 3.05) is 10.6 Å². The number of para-hydroxylation sites is 2. The van der Waals surface area contributed by atoms with Crippen LogP contribution in [0.3, 0.4) is 0 Å². The molecule has 2 aromatic carbocycles. The van der Waals surface area contributed by atoms with Crippen LogP contribution in [0.5, 0.6) is 0 Å². The number of fused-ring (bicyclic) bond motifs is 1. The van der Waals surface area contributed by atoms with Crippen LogP contribution in [-0.2, 0) is 4.79 Å². The van der Waals surface area contributed by atoms with Crippen LogP contribution < -0.4 is 10.6 Å². The molecule has 0 aliphatic rings. The predicted molar refractivity (Wildman–Crippen MR) is 87.7 cm³/mol. The zero-order valence-electron chi connectivity index (χ0n) is 12.5. The Morgan fingerprint density at radius 1 is 1.09 bits per heavy atom. The van der Waals surface area contributed by atoms with Crippen molar-refractivity contribution in [2.24, 2.45) is 0 Å². The van der Waals surface area contributed by atoms with Crippen molar-refractivity contribution in [1.82, 2.24) is 9.97 Å². The van der Waals surface area contributed by atoms with Crippen molar-refractivity contribution < 1.29 is 9.18 Å². The second-order valence-electron chi connectivity index (χ2n) is 5.07. The van der Waals surface area contributed by atoms with Gasteiger partial charge >= 0.3 is 0 Å². The summed E-state index contributed by atoms with van der Waals surface area (Å²) in [6, 6.07) is 13.0. The highest BCUT2D eigenvalue weighted by Crippen LogP contribution is 2.19. The average molecular weight is 310 g/mol. The number of benzene rings is 2. The van der Waals surface area contributed by atoms with E-state index >= 15 is 0 Å². The first-order valence-electron chi connectivity index (χ1n) is 7.17. The summed E-state index contributed by atoms with van der Waals surface area (Å²) in [5.74, 6) is -0.259. The lowest BCUT2D eigenvalue weighted by Gasteiger charge is -2.16. The number of halogens is 1. The molecule has 0 bridgehead atoms. The number of nitrogens with one attached hydrogen (secondary N) is 2. The van der Waals surface area contributed by atoms with E-state index in [1.54, 1.807) is 19.1 Å². The molecule has 5 nitrogen and oxygen atoms in total. The molecule has 2 N–H and O–H groups in total. The normalized spacial score (nSPS) is 11.9. The first kappa shape index (κ1) is 14.9. The maximum atomic E-state index is 13.6. The molecule has 23 heavy (non-hydrogen) atoms. The Labute approximate surface area is 132 Å². The summed E-state index contributed by atoms with van der Waals surface area (Å²) in [5, 5.41) is 6.42. The van der Waals surface area contributed by atoms with E-state index in [-0.39, 0.29) is 11.6 Å². The minimum atomic E-state index is -0.590. The van der Waals surface area contributed by atoms with Crippen LogP contribution in [0, 0.1) is 5.82 Å². The van der Waals surface area contributed by atoms with Crippen LogP contribution in [-0.4, -0.2) is 21.9 Å². The number of rotatable bonds is 4. The van der Waals surface area contributed by atoms with Crippen LogP contribution in [0.4, 0.5) is 15.9 Å². The van der Waals surface area contributed by atoms with Gasteiger partial charge in [-0.05, 0) is 31.2 Å². The molecule has 3 aromatic rings. The monoisotopic (exact) mass is 310 g/mol. The average Bonchev–Trinajstić information content (AvgIpc) is 2.57. The molecular weight excluding hydrogens is 295 g/mol. The van der Waals surface area contributed by atoms with Gasteiger partial charge in [0.2, 0.25) is 5.91 Å². The molecule has 1 heterocycles. The van der Waals surface area contributed by atoms with Gasteiger partial charge in [-0.2, -0.15) is 0 Å². The van der Waals surface area contributed by atoms with Gasteiger partial charge in [0.15, 0.2) is 0 Å². The molecular formula is C17H15FN4O. The van der Waals surface area contributed by atoms with Crippen LogP contribution in [0.25, 0.3) is 10.9 Å². The van der Waals surface area contributed by atoms with Crippen LogP contribution in [0.2, 0.25) is 0 Å². The Balaban J connectivity index is 1.77. The van der Waals surface area contributed by atoms with Gasteiger partial charge in [-0.1, -0.05) is 24.3 Å². The smallest absolute Gasteiger partial charge is 0.246 e. The number of carbonyl (C=O) groups excluding carboxylic acids is 1. The fourth-order valence-corrected chi connectivity index (χ4v) is 2.19. The molecule has 0 saturated heterocycles. The van der Waals surface area contributed by atoms with Gasteiger partial charge < -0.3 is 10.6 Å². The van der Waals surface area contributed by atoms with Gasteiger partial charge in [-0.15, -0.1) is 0 Å². The van der Waals surface area contributed by atoms with E-state index in [9.17, 15) is 9.18 Å². The minimum Gasteiger partial charge on any atom is -0.358 e. The van der Waals surface area contributed by atoms with Gasteiger partial charge in [0, 0.05) is 5.39 Å². The Hall–Kier alpha value is -3.02. The second kappa shape index (κ2) is 6.39. The van der Waals surface area contributed by atoms with Crippen LogP contribution >= 0.6 is 0 Å². The zero-order chi connectivity index (χ0) is 16.2. The predicted octanol–water partition coefficient (Wildman–Crippen LogP) is 3.21. The van der Waals surface area contributed by atoms with Crippen LogP contribution in [0.1, 0.15) is 6.92 Å². The third-order valence-corrected chi connectivity index (χ3v) is 3.42. The molecule has 0 aliphatic carbocycles. The molecule has 1 atom stereocenters. The molecule has 0 saturated carbocycles. The highest BCUT2D eigenvalue weighted by molar-refractivity contribution is 5.98. The highest BCUT2D eigenvalue weighted by atomic mass is 19.1. The Morgan fingerprint density at radius 3 is 2.65 bits per heavy atom. The number of carbonyl (C=O) groups is 1. The zero-order valence-corrected chi connectivity index (χ0v) is 12.5. The van der Waals surface area contributed by atoms with E-state index in [2.05, 4.69) is 20.6 Å². The second-order valence-corrected chi connectivity index (χ2v) is 5.07. The van der Waals surface area contributed by atoms with Crippen molar-refractivity contribution in [1.29, 1.82) is 0 Å². The molecule has 0 radical (unpaired) electrons. The number of aromatic nitrogens is 2. The molecule has 0 fully saturated rings. The standard InChI is InChI=1S/C17H15FN4O/c1-11(17(23)22-15-9-5-3-7-13(15)18)21-16-12-6-2-4-8-14(12)19-10-20-16/h2-11H,1H3,(H,22,23)(H,19,20,21). The Kier molecular flexibility index (Phi) is 4.14. The third kappa shape index (κ3) is 3.26. The largest absolute Gasteiger partial charge is 0.358 e. The molecule has 1 unspecified atom stereocenters. The molecule has 0 spiro atoms. The summed E-state index contributed by atoms with van der Waals surface area (Å²) in [5.41, 5.74) is 0.936. The first-order chi connectivity index (χ1) is 11.1. The van der Waals surface area contributed by atoms with E-state index in [1.165, 1.54) is 18.5 Å². The molecule has 6 heteroatoms. The van der Waals surface area contributed by atoms with Gasteiger partial charge in [0.25, 0.3) is 0 Å². The number of hydrogen-bond acceptors (Lipinski definition) is 4. The maximum Gasteiger partial charge on any atom is 0.246 e. The summed E-state index contributed by atoms with van der Waals surface area (Å²) in [4.78, 5) is 20.6. The number of amides is 1. The van der Waals surface area contributed by atoms with Crippen molar-refractivity contribution in [2.45, 2.75) is 13.0 Å². The van der Waals surface area contributed by atoms with Crippen molar-refractivity contribution in [3.8, 4) is 0 Å². The van der Waals surface area contributed by atoms with E-state index in [0.29, 0.717) is 5.82 Å². The van der Waals surface area contributed by atoms with Gasteiger partial charge in [-0.3, -0.25) is 4.79 Å². The lowest BCUT2D eigenvalue weighted by molar-refractivity contribution is -0.116. The quantitative estimate of drug-likeness (QED) is 0.776. The Bertz CT molecular complexity index is 847. The number of hydrogen-bond donors (Lipinski definition) is 2. The molecule has 1 amide bonds. The summed E-state index contributed by atoms with van der Waals surface area (Å²) < 4.78 is 13.6. The van der Waals surface area contributed by atoms with E-state index < -0.39 is 11.9 Å². The summed E-state index contributed by atoms with van der Waals surface area (Å²) in [7, 11) is 0. The fraction of sp³-hybridized carbons (Fsp3) is 0.118. The lowest BCUT2D eigenvalue weighted by atomic mass is 10.2. The minimum absolute atomic E-state index is 0.152. The highest BCUT2D eigenvalue weighted by Gasteiger charge is 2.16. The van der Waals surface area contributed by atoms with E-state index in [4.69, 9.17) is 0 Å². The van der Waals surface area contributed by atoms with Crippen molar-refractivity contribution in [3.05, 3.63) is 60.7 Å².